The van der Waals surface area contributed by atoms with Gasteiger partial charge in [0.15, 0.2) is 0 Å². The molecule has 0 saturated heterocycles. The van der Waals surface area contributed by atoms with Crippen molar-refractivity contribution in [2.75, 3.05) is 0 Å². The number of rotatable bonds is 3. The third-order valence-electron chi connectivity index (χ3n) is 0.782. The van der Waals surface area contributed by atoms with Crippen LogP contribution in [0.3, 0.4) is 0 Å². The molecule has 0 amide bonds. The summed E-state index contributed by atoms with van der Waals surface area (Å²) in [7, 11) is 0. The average molecular weight is 450 g/mol. The molecule has 16 heteroatoms. The molecule has 14 nitrogen and oxygen atoms in total. The maximum atomic E-state index is 9.63. The number of hydrogen-bond donors (Lipinski definition) is 6. The number of aliphatic hydroxyl groups is 2. The standard InChI is InChI=1S/C4H6O6.4C2H4O2.K.Na/c5-1(3(7)8)2(6)4(9)10;4*1-2(3)4;;/h1-2,5-6H,(H,7,8)(H,9,10);4*1H3,(H,3,4);;/q;;;;;2*+1/p-2. The molecule has 154 valence electrons. The molecule has 2 atom stereocenters. The third-order valence-corrected chi connectivity index (χ3v) is 0.782. The first kappa shape index (κ1) is 45.9. The van der Waals surface area contributed by atoms with Crippen molar-refractivity contribution in [3.05, 3.63) is 0 Å². The smallest absolute Gasteiger partial charge is 0.547 e. The first-order chi connectivity index (χ1) is 11.4. The van der Waals surface area contributed by atoms with Gasteiger partial charge in [-0.05, 0) is 0 Å². The van der Waals surface area contributed by atoms with Gasteiger partial charge in [0.1, 0.15) is 12.2 Å². The van der Waals surface area contributed by atoms with Crippen LogP contribution in [0.1, 0.15) is 27.7 Å². The molecule has 2 unspecified atom stereocenters. The third kappa shape index (κ3) is 117. The van der Waals surface area contributed by atoms with Gasteiger partial charge in [0, 0.05) is 27.7 Å². The Morgan fingerprint density at radius 2 is 0.643 bits per heavy atom. The van der Waals surface area contributed by atoms with Crippen molar-refractivity contribution in [3.63, 3.8) is 0 Å². The molecule has 0 aliphatic rings. The van der Waals surface area contributed by atoms with Crippen molar-refractivity contribution in [1.82, 2.24) is 0 Å². The van der Waals surface area contributed by atoms with Gasteiger partial charge in [-0.25, -0.2) is 0 Å². The van der Waals surface area contributed by atoms with Gasteiger partial charge in [0.05, 0.1) is 11.9 Å². The summed E-state index contributed by atoms with van der Waals surface area (Å²) >= 11 is 0. The van der Waals surface area contributed by atoms with E-state index in [1.165, 1.54) is 0 Å². The van der Waals surface area contributed by atoms with Gasteiger partial charge in [-0.3, -0.25) is 19.2 Å². The Labute approximate surface area is 223 Å². The number of carboxylic acid groups (broad SMARTS) is 6. The van der Waals surface area contributed by atoms with E-state index in [2.05, 4.69) is 0 Å². The summed E-state index contributed by atoms with van der Waals surface area (Å²) in [5.74, 6) is -7.45. The van der Waals surface area contributed by atoms with Crippen molar-refractivity contribution in [2.24, 2.45) is 0 Å². The van der Waals surface area contributed by atoms with Crippen LogP contribution in [0.25, 0.3) is 0 Å². The zero-order valence-electron chi connectivity index (χ0n) is 16.1. The van der Waals surface area contributed by atoms with Crippen LogP contribution in [0.5, 0.6) is 0 Å². The summed E-state index contributed by atoms with van der Waals surface area (Å²) < 4.78 is 0. The van der Waals surface area contributed by atoms with Crippen molar-refractivity contribution in [1.29, 1.82) is 0 Å². The zero-order chi connectivity index (χ0) is 22.6. The molecule has 28 heavy (non-hydrogen) atoms. The molecule has 0 radical (unpaired) electrons. The van der Waals surface area contributed by atoms with E-state index in [-0.39, 0.29) is 80.9 Å². The van der Waals surface area contributed by atoms with Gasteiger partial charge in [0.25, 0.3) is 23.9 Å². The average Bonchev–Trinajstić information content (AvgIpc) is 2.33. The van der Waals surface area contributed by atoms with Crippen molar-refractivity contribution < 1.29 is 151 Å². The molecule has 0 rings (SSSR count). The Bertz CT molecular complexity index is 385. The zero-order valence-corrected chi connectivity index (χ0v) is 21.2. The molecule has 0 spiro atoms. The summed E-state index contributed by atoms with van der Waals surface area (Å²) in [6.07, 6.45) is -4.88. The van der Waals surface area contributed by atoms with Crippen LogP contribution < -0.4 is 91.2 Å². The Morgan fingerprint density at radius 3 is 0.679 bits per heavy atom. The first-order valence-corrected chi connectivity index (χ1v) is 5.95. The van der Waals surface area contributed by atoms with Crippen molar-refractivity contribution in [3.8, 4) is 0 Å². The largest absolute Gasteiger partial charge is 1.00 e. The molecule has 0 aromatic carbocycles. The number of aliphatic hydroxyl groups excluding tert-OH is 2. The molecule has 0 saturated carbocycles. The van der Waals surface area contributed by atoms with Gasteiger partial charge in [-0.1, -0.05) is 0 Å². The molecule has 0 aliphatic heterocycles. The van der Waals surface area contributed by atoms with Gasteiger partial charge < -0.3 is 50.4 Å². The molecule has 0 aromatic rings. The molecule has 0 heterocycles. The summed E-state index contributed by atoms with van der Waals surface area (Å²) in [4.78, 5) is 55.3. The van der Waals surface area contributed by atoms with Crippen LogP contribution in [0.4, 0.5) is 0 Å². The van der Waals surface area contributed by atoms with E-state index in [0.717, 1.165) is 27.7 Å². The van der Waals surface area contributed by atoms with E-state index in [4.69, 9.17) is 49.8 Å². The monoisotopic (exact) mass is 450 g/mol. The maximum absolute atomic E-state index is 9.63. The number of carbonyl (C=O) groups is 6. The summed E-state index contributed by atoms with van der Waals surface area (Å²) in [6.45, 7) is 4.33. The van der Waals surface area contributed by atoms with Crippen molar-refractivity contribution >= 4 is 35.8 Å². The molecule has 0 fully saturated rings. The minimum Gasteiger partial charge on any atom is -0.547 e. The summed E-state index contributed by atoms with van der Waals surface area (Å²) in [5.41, 5.74) is 0. The molecule has 6 N–H and O–H groups in total. The van der Waals surface area contributed by atoms with Crippen LogP contribution in [0.2, 0.25) is 0 Å². The van der Waals surface area contributed by atoms with Crippen LogP contribution in [0.15, 0.2) is 0 Å². The topological polar surface area (TPSA) is 270 Å². The predicted molar refractivity (Wildman–Crippen MR) is 75.3 cm³/mol. The Hall–Kier alpha value is -0.624. The first-order valence-electron chi connectivity index (χ1n) is 5.95. The Balaban J connectivity index is -0.0000000420. The maximum Gasteiger partial charge on any atom is 1.00 e. The van der Waals surface area contributed by atoms with E-state index in [1.54, 1.807) is 0 Å². The second kappa shape index (κ2) is 31.1. The van der Waals surface area contributed by atoms with Crippen LogP contribution in [-0.4, -0.2) is 78.7 Å². The number of aliphatic carboxylic acids is 6. The fourth-order valence-corrected chi connectivity index (χ4v) is 0.258. The minimum absolute atomic E-state index is 0. The van der Waals surface area contributed by atoms with Gasteiger partial charge in [-0.2, -0.15) is 0 Å². The second-order valence-corrected chi connectivity index (χ2v) is 3.60. The minimum atomic E-state index is -2.44. The van der Waals surface area contributed by atoms with E-state index in [9.17, 15) is 19.8 Å². The Kier molecular flexibility index (Phi) is 50.9. The number of carbonyl (C=O) groups excluding carboxylic acids is 2. The fraction of sp³-hybridized carbons (Fsp3) is 0.500. The van der Waals surface area contributed by atoms with Crippen molar-refractivity contribution in [2.45, 2.75) is 39.9 Å². The number of hydrogen-bond acceptors (Lipinski definition) is 10. The SMILES string of the molecule is CC(=O)O.CC(=O)O.CC(=O)O.CC(=O)O.O=C([O-])C(O)C(O)C(=O)[O-].[K+].[Na+]. The molecule has 0 aromatic heterocycles. The molecular formula is C12H20KNaO14. The van der Waals surface area contributed by atoms with E-state index in [1.807, 2.05) is 0 Å². The summed E-state index contributed by atoms with van der Waals surface area (Å²) in [5, 5.41) is 65.4. The molecule has 0 aliphatic carbocycles. The van der Waals surface area contributed by atoms with Gasteiger partial charge in [-0.15, -0.1) is 0 Å². The molecule has 0 bridgehead atoms. The van der Waals surface area contributed by atoms with E-state index < -0.39 is 48.0 Å². The molecular weight excluding hydrogens is 430 g/mol. The van der Waals surface area contributed by atoms with Gasteiger partial charge in [0.2, 0.25) is 0 Å². The van der Waals surface area contributed by atoms with Crippen LogP contribution in [0, 0.1) is 0 Å². The van der Waals surface area contributed by atoms with Crippen LogP contribution in [-0.2, 0) is 28.8 Å². The van der Waals surface area contributed by atoms with E-state index in [0.29, 0.717) is 0 Å². The summed E-state index contributed by atoms with van der Waals surface area (Å²) in [6, 6.07) is 0. The number of carboxylic acids is 6. The second-order valence-electron chi connectivity index (χ2n) is 3.60. The fourth-order valence-electron chi connectivity index (χ4n) is 0.258. The van der Waals surface area contributed by atoms with Crippen LogP contribution >= 0.6 is 0 Å². The quantitative estimate of drug-likeness (QED) is 0.218. The van der Waals surface area contributed by atoms with E-state index >= 15 is 0 Å². The van der Waals surface area contributed by atoms with Gasteiger partial charge >= 0.3 is 80.9 Å². The predicted octanol–water partition coefficient (Wildman–Crippen LogP) is -10.4. The Morgan fingerprint density at radius 1 is 0.571 bits per heavy atom. The normalized spacial score (nSPS) is 9.21.